The van der Waals surface area contributed by atoms with E-state index in [1.54, 1.807) is 6.26 Å². The zero-order valence-corrected chi connectivity index (χ0v) is 14.5. The van der Waals surface area contributed by atoms with E-state index in [0.717, 1.165) is 51.1 Å². The number of nitrogens with zero attached hydrogens (tertiary/aromatic N) is 2. The van der Waals surface area contributed by atoms with Crippen molar-refractivity contribution in [3.63, 3.8) is 0 Å². The van der Waals surface area contributed by atoms with Gasteiger partial charge in [-0.1, -0.05) is 13.8 Å². The van der Waals surface area contributed by atoms with Crippen LogP contribution in [0.4, 0.5) is 0 Å². The molecule has 2 N–H and O–H groups in total. The van der Waals surface area contributed by atoms with Crippen molar-refractivity contribution in [1.29, 1.82) is 0 Å². The van der Waals surface area contributed by atoms with Gasteiger partial charge in [-0.15, -0.1) is 0 Å². The zero-order chi connectivity index (χ0) is 16.5. The summed E-state index contributed by atoms with van der Waals surface area (Å²) < 4.78 is 10.8. The molecule has 0 aliphatic carbocycles. The van der Waals surface area contributed by atoms with Gasteiger partial charge >= 0.3 is 0 Å². The third-order valence-electron chi connectivity index (χ3n) is 4.08. The first-order valence-corrected chi connectivity index (χ1v) is 8.57. The molecule has 1 aromatic rings. The first-order valence-electron chi connectivity index (χ1n) is 8.57. The largest absolute Gasteiger partial charge is 0.467 e. The van der Waals surface area contributed by atoms with Gasteiger partial charge < -0.3 is 19.8 Å². The lowest BCUT2D eigenvalue weighted by Gasteiger charge is -2.37. The van der Waals surface area contributed by atoms with Crippen LogP contribution in [0.2, 0.25) is 0 Å². The lowest BCUT2D eigenvalue weighted by Crippen LogP contribution is -2.52. The van der Waals surface area contributed by atoms with E-state index in [0.29, 0.717) is 18.5 Å². The first-order chi connectivity index (χ1) is 11.2. The molecule has 0 saturated carbocycles. The molecular weight excluding hydrogens is 292 g/mol. The summed E-state index contributed by atoms with van der Waals surface area (Å²) in [5.41, 5.74) is 0. The molecule has 2 rings (SSSR count). The fourth-order valence-corrected chi connectivity index (χ4v) is 2.80. The van der Waals surface area contributed by atoms with Crippen LogP contribution >= 0.6 is 0 Å². The molecule has 1 fully saturated rings. The number of hydrogen-bond acceptors (Lipinski definition) is 4. The van der Waals surface area contributed by atoms with Crippen molar-refractivity contribution >= 4 is 5.96 Å². The Balaban J connectivity index is 1.90. The number of guanidine groups is 1. The molecule has 6 nitrogen and oxygen atoms in total. The Labute approximate surface area is 139 Å². The molecule has 1 aliphatic heterocycles. The topological polar surface area (TPSA) is 62.0 Å². The van der Waals surface area contributed by atoms with Crippen LogP contribution in [0.25, 0.3) is 0 Å². The molecule has 0 bridgehead atoms. The second kappa shape index (κ2) is 9.57. The minimum atomic E-state index is 0.478. The average Bonchev–Trinajstić information content (AvgIpc) is 3.07. The van der Waals surface area contributed by atoms with E-state index in [-0.39, 0.29) is 0 Å². The summed E-state index contributed by atoms with van der Waals surface area (Å²) in [5, 5.41) is 6.77. The van der Waals surface area contributed by atoms with Gasteiger partial charge in [0.2, 0.25) is 0 Å². The standard InChI is InChI=1S/C17H30N4O2/c1-4-18-17(19-12-15-6-5-9-23-15)20-13-16(14(2)3)21-7-10-22-11-8-21/h5-6,9,14,16H,4,7-8,10-13H2,1-3H3,(H2,18,19,20). The van der Waals surface area contributed by atoms with Crippen molar-refractivity contribution in [2.75, 3.05) is 39.4 Å². The van der Waals surface area contributed by atoms with Gasteiger partial charge in [-0.3, -0.25) is 4.90 Å². The Bertz CT molecular complexity index is 453. The highest BCUT2D eigenvalue weighted by Gasteiger charge is 2.23. The predicted molar refractivity (Wildman–Crippen MR) is 92.5 cm³/mol. The monoisotopic (exact) mass is 322 g/mol. The molecular formula is C17H30N4O2. The van der Waals surface area contributed by atoms with Gasteiger partial charge in [0, 0.05) is 32.2 Å². The van der Waals surface area contributed by atoms with Gasteiger partial charge in [-0.05, 0) is 25.0 Å². The Morgan fingerprint density at radius 3 is 2.70 bits per heavy atom. The SMILES string of the molecule is CCNC(=NCc1ccco1)NCC(C(C)C)N1CCOCC1. The Hall–Kier alpha value is -1.53. The lowest BCUT2D eigenvalue weighted by molar-refractivity contribution is 0.00752. The summed E-state index contributed by atoms with van der Waals surface area (Å²) in [5.74, 6) is 2.28. The number of nitrogens with one attached hydrogen (secondary N) is 2. The summed E-state index contributed by atoms with van der Waals surface area (Å²) in [6.07, 6.45) is 1.68. The van der Waals surface area contributed by atoms with Crippen LogP contribution in [0.5, 0.6) is 0 Å². The van der Waals surface area contributed by atoms with E-state index in [1.165, 1.54) is 0 Å². The molecule has 130 valence electrons. The van der Waals surface area contributed by atoms with Crippen LogP contribution in [-0.4, -0.2) is 56.3 Å². The Morgan fingerprint density at radius 1 is 1.30 bits per heavy atom. The molecule has 0 aromatic carbocycles. The van der Waals surface area contributed by atoms with Crippen molar-refractivity contribution in [1.82, 2.24) is 15.5 Å². The van der Waals surface area contributed by atoms with Crippen molar-refractivity contribution < 1.29 is 9.15 Å². The summed E-state index contributed by atoms with van der Waals surface area (Å²) in [6, 6.07) is 4.31. The molecule has 6 heteroatoms. The molecule has 2 heterocycles. The molecule has 0 spiro atoms. The minimum absolute atomic E-state index is 0.478. The maximum absolute atomic E-state index is 5.47. The van der Waals surface area contributed by atoms with Crippen LogP contribution < -0.4 is 10.6 Å². The molecule has 1 saturated heterocycles. The summed E-state index contributed by atoms with van der Waals surface area (Å²) >= 11 is 0. The van der Waals surface area contributed by atoms with E-state index >= 15 is 0 Å². The van der Waals surface area contributed by atoms with Gasteiger partial charge in [0.25, 0.3) is 0 Å². The smallest absolute Gasteiger partial charge is 0.191 e. The summed E-state index contributed by atoms with van der Waals surface area (Å²) in [6.45, 7) is 12.6. The highest BCUT2D eigenvalue weighted by atomic mass is 16.5. The highest BCUT2D eigenvalue weighted by molar-refractivity contribution is 5.79. The zero-order valence-electron chi connectivity index (χ0n) is 14.5. The van der Waals surface area contributed by atoms with Gasteiger partial charge in [-0.2, -0.15) is 0 Å². The van der Waals surface area contributed by atoms with Gasteiger partial charge in [0.05, 0.1) is 19.5 Å². The van der Waals surface area contributed by atoms with Crippen molar-refractivity contribution in [3.8, 4) is 0 Å². The maximum atomic E-state index is 5.47. The quantitative estimate of drug-likeness (QED) is 0.591. The third-order valence-corrected chi connectivity index (χ3v) is 4.08. The Morgan fingerprint density at radius 2 is 2.09 bits per heavy atom. The summed E-state index contributed by atoms with van der Waals surface area (Å²) in [7, 11) is 0. The Kier molecular flexibility index (Phi) is 7.42. The van der Waals surface area contributed by atoms with E-state index in [1.807, 2.05) is 12.1 Å². The minimum Gasteiger partial charge on any atom is -0.467 e. The molecule has 1 atom stereocenters. The first kappa shape index (κ1) is 17.8. The number of ether oxygens (including phenoxy) is 1. The predicted octanol–water partition coefficient (Wildman–Crippen LogP) is 1.69. The van der Waals surface area contributed by atoms with Crippen LogP contribution in [0.3, 0.4) is 0 Å². The van der Waals surface area contributed by atoms with Crippen molar-refractivity contribution in [2.24, 2.45) is 10.9 Å². The molecule has 23 heavy (non-hydrogen) atoms. The van der Waals surface area contributed by atoms with Crippen LogP contribution in [-0.2, 0) is 11.3 Å². The summed E-state index contributed by atoms with van der Waals surface area (Å²) in [4.78, 5) is 7.10. The number of furan rings is 1. The lowest BCUT2D eigenvalue weighted by atomic mass is 10.0. The normalized spacial score (nSPS) is 18.2. The van der Waals surface area contributed by atoms with E-state index in [4.69, 9.17) is 9.15 Å². The molecule has 1 aliphatic rings. The average molecular weight is 322 g/mol. The fraction of sp³-hybridized carbons (Fsp3) is 0.706. The molecule has 1 aromatic heterocycles. The molecule has 0 amide bonds. The fourth-order valence-electron chi connectivity index (χ4n) is 2.80. The van der Waals surface area contributed by atoms with E-state index in [2.05, 4.69) is 41.3 Å². The second-order valence-electron chi connectivity index (χ2n) is 6.12. The van der Waals surface area contributed by atoms with Crippen LogP contribution in [0, 0.1) is 5.92 Å². The van der Waals surface area contributed by atoms with Gasteiger partial charge in [0.1, 0.15) is 12.3 Å². The van der Waals surface area contributed by atoms with Crippen molar-refractivity contribution in [3.05, 3.63) is 24.2 Å². The van der Waals surface area contributed by atoms with Gasteiger partial charge in [-0.25, -0.2) is 4.99 Å². The van der Waals surface area contributed by atoms with Gasteiger partial charge in [0.15, 0.2) is 5.96 Å². The van der Waals surface area contributed by atoms with E-state index < -0.39 is 0 Å². The number of rotatable bonds is 7. The highest BCUT2D eigenvalue weighted by Crippen LogP contribution is 2.12. The second-order valence-corrected chi connectivity index (χ2v) is 6.12. The third kappa shape index (κ3) is 5.88. The number of aliphatic imine (C=N–C) groups is 1. The van der Waals surface area contributed by atoms with Crippen LogP contribution in [0.15, 0.2) is 27.8 Å². The van der Waals surface area contributed by atoms with E-state index in [9.17, 15) is 0 Å². The van der Waals surface area contributed by atoms with Crippen molar-refractivity contribution in [2.45, 2.75) is 33.4 Å². The molecule has 0 radical (unpaired) electrons. The molecule has 1 unspecified atom stereocenters. The number of morpholine rings is 1. The number of hydrogen-bond donors (Lipinski definition) is 2. The maximum Gasteiger partial charge on any atom is 0.191 e. The van der Waals surface area contributed by atoms with Crippen LogP contribution in [0.1, 0.15) is 26.5 Å².